The summed E-state index contributed by atoms with van der Waals surface area (Å²) in [6.07, 6.45) is 0.497. The highest BCUT2D eigenvalue weighted by Crippen LogP contribution is 2.41. The van der Waals surface area contributed by atoms with Crippen LogP contribution in [0.3, 0.4) is 0 Å². The Balaban J connectivity index is 2.25. The van der Waals surface area contributed by atoms with E-state index in [1.54, 1.807) is 4.90 Å². The van der Waals surface area contributed by atoms with Gasteiger partial charge in [-0.2, -0.15) is 0 Å². The number of rotatable bonds is 2. The molecule has 1 aliphatic rings. The van der Waals surface area contributed by atoms with Gasteiger partial charge in [0.05, 0.1) is 22.3 Å². The molecular weight excluding hydrogens is 337 g/mol. The predicted molar refractivity (Wildman–Crippen MR) is 88.5 cm³/mol. The maximum atomic E-state index is 14.5. The molecule has 3 rings (SSSR count). The summed E-state index contributed by atoms with van der Waals surface area (Å²) in [4.78, 5) is 28.0. The first kappa shape index (κ1) is 16.7. The minimum absolute atomic E-state index is 0.0965. The van der Waals surface area contributed by atoms with E-state index in [2.05, 4.69) is 10.3 Å². The number of hydrogen-bond donors (Lipinski definition) is 3. The predicted octanol–water partition coefficient (Wildman–Crippen LogP) is 2.36. The number of nitrogens with zero attached hydrogens (tertiary/aromatic N) is 1. The smallest absolute Gasteiger partial charge is 0.248 e. The van der Waals surface area contributed by atoms with Gasteiger partial charge < -0.3 is 20.3 Å². The number of aromatic amines is 1. The van der Waals surface area contributed by atoms with Crippen LogP contribution in [0.4, 0.5) is 10.1 Å². The number of aliphatic hydroxyl groups is 1. The number of halogens is 2. The van der Waals surface area contributed by atoms with Crippen LogP contribution in [0.25, 0.3) is 10.9 Å². The monoisotopic (exact) mass is 353 g/mol. The summed E-state index contributed by atoms with van der Waals surface area (Å²) in [6.45, 7) is 3.00. The summed E-state index contributed by atoms with van der Waals surface area (Å²) in [6, 6.07) is 1.00. The number of carbonyl (C=O) groups is 2. The number of hydrogen-bond acceptors (Lipinski definition) is 3. The van der Waals surface area contributed by atoms with Crippen LogP contribution >= 0.6 is 11.6 Å². The van der Waals surface area contributed by atoms with E-state index >= 15 is 0 Å². The zero-order valence-electron chi connectivity index (χ0n) is 13.2. The highest BCUT2D eigenvalue weighted by atomic mass is 35.5. The highest BCUT2D eigenvalue weighted by molar-refractivity contribution is 6.32. The zero-order chi connectivity index (χ0) is 17.6. The Morgan fingerprint density at radius 3 is 2.88 bits per heavy atom. The van der Waals surface area contributed by atoms with Gasteiger partial charge in [0.2, 0.25) is 11.8 Å². The van der Waals surface area contributed by atoms with E-state index in [0.717, 1.165) is 11.3 Å². The van der Waals surface area contributed by atoms with Crippen LogP contribution in [0.2, 0.25) is 5.02 Å². The molecule has 6 nitrogen and oxygen atoms in total. The van der Waals surface area contributed by atoms with Gasteiger partial charge in [0.15, 0.2) is 5.82 Å². The van der Waals surface area contributed by atoms with Crippen molar-refractivity contribution in [3.8, 4) is 0 Å². The minimum Gasteiger partial charge on any atom is -0.387 e. The Morgan fingerprint density at radius 1 is 1.54 bits per heavy atom. The van der Waals surface area contributed by atoms with Crippen molar-refractivity contribution in [2.24, 2.45) is 0 Å². The molecule has 2 heterocycles. The lowest BCUT2D eigenvalue weighted by atomic mass is 9.96. The first-order valence-corrected chi connectivity index (χ1v) is 7.93. The number of fused-ring (bicyclic) bond motifs is 3. The molecule has 1 aromatic heterocycles. The highest BCUT2D eigenvalue weighted by Gasteiger charge is 2.32. The van der Waals surface area contributed by atoms with Gasteiger partial charge in [-0.05, 0) is 13.0 Å². The van der Waals surface area contributed by atoms with Gasteiger partial charge in [-0.15, -0.1) is 0 Å². The second kappa shape index (κ2) is 6.07. The molecule has 3 N–H and O–H groups in total. The summed E-state index contributed by atoms with van der Waals surface area (Å²) >= 11 is 5.93. The van der Waals surface area contributed by atoms with E-state index in [-0.39, 0.29) is 22.5 Å². The second-order valence-electron chi connectivity index (χ2n) is 5.84. The van der Waals surface area contributed by atoms with Gasteiger partial charge in [-0.1, -0.05) is 11.6 Å². The van der Waals surface area contributed by atoms with E-state index < -0.39 is 18.3 Å². The van der Waals surface area contributed by atoms with E-state index in [1.165, 1.54) is 13.0 Å². The number of aromatic nitrogens is 1. The summed E-state index contributed by atoms with van der Waals surface area (Å²) in [5.41, 5.74) is 2.14. The van der Waals surface area contributed by atoms with Crippen molar-refractivity contribution in [2.75, 3.05) is 18.5 Å². The molecule has 1 aromatic carbocycles. The molecule has 0 radical (unpaired) electrons. The van der Waals surface area contributed by atoms with Crippen molar-refractivity contribution in [1.82, 2.24) is 9.88 Å². The summed E-state index contributed by atoms with van der Waals surface area (Å²) in [5.74, 6) is -1.29. The third-order valence-electron chi connectivity index (χ3n) is 4.34. The standard InChI is InChI=1S/C16H17ClFN3O3/c1-7-13-10(3-4-21(7)12(24)6-22)20-16-14(13)11(19-8(2)23)5-9(17)15(16)18/h5,7,20,22H,3-4,6H2,1-2H3,(H,19,23)/t7-/m0/s1. The van der Waals surface area contributed by atoms with Crippen molar-refractivity contribution < 1.29 is 19.1 Å². The normalized spacial score (nSPS) is 17.0. The lowest BCUT2D eigenvalue weighted by molar-refractivity contribution is -0.136. The molecule has 0 saturated carbocycles. The molecule has 0 saturated heterocycles. The Morgan fingerprint density at radius 2 is 2.25 bits per heavy atom. The van der Waals surface area contributed by atoms with Crippen molar-refractivity contribution in [3.63, 3.8) is 0 Å². The van der Waals surface area contributed by atoms with E-state index in [1.807, 2.05) is 6.92 Å². The van der Waals surface area contributed by atoms with Gasteiger partial charge in [-0.3, -0.25) is 9.59 Å². The molecule has 1 atom stereocenters. The first-order valence-electron chi connectivity index (χ1n) is 7.55. The van der Waals surface area contributed by atoms with Crippen LogP contribution in [0.5, 0.6) is 0 Å². The van der Waals surface area contributed by atoms with Crippen molar-refractivity contribution in [3.05, 3.63) is 28.2 Å². The maximum absolute atomic E-state index is 14.5. The Labute approximate surface area is 142 Å². The molecule has 2 aromatic rings. The van der Waals surface area contributed by atoms with Crippen molar-refractivity contribution in [2.45, 2.75) is 26.3 Å². The molecule has 0 bridgehead atoms. The van der Waals surface area contributed by atoms with Gasteiger partial charge >= 0.3 is 0 Å². The Kier molecular flexibility index (Phi) is 4.23. The molecule has 2 amide bonds. The number of nitrogens with one attached hydrogen (secondary N) is 2. The van der Waals surface area contributed by atoms with E-state index in [9.17, 15) is 14.0 Å². The average Bonchev–Trinajstić information content (AvgIpc) is 2.92. The van der Waals surface area contributed by atoms with Crippen LogP contribution < -0.4 is 5.32 Å². The first-order chi connectivity index (χ1) is 11.3. The number of aliphatic hydroxyl groups excluding tert-OH is 1. The van der Waals surface area contributed by atoms with E-state index in [4.69, 9.17) is 16.7 Å². The molecular formula is C16H17ClFN3O3. The van der Waals surface area contributed by atoms with Crippen LogP contribution in [-0.2, 0) is 16.0 Å². The summed E-state index contributed by atoms with van der Waals surface area (Å²) in [7, 11) is 0. The lowest BCUT2D eigenvalue weighted by Gasteiger charge is -2.33. The van der Waals surface area contributed by atoms with Crippen LogP contribution in [-0.4, -0.2) is 40.0 Å². The van der Waals surface area contributed by atoms with Crippen LogP contribution in [0, 0.1) is 5.82 Å². The van der Waals surface area contributed by atoms with Gasteiger partial charge in [0.25, 0.3) is 0 Å². The SMILES string of the molecule is CC(=O)Nc1cc(Cl)c(F)c2[nH]c3c(c12)[C@H](C)N(C(=O)CO)CC3. The molecule has 0 spiro atoms. The molecule has 1 aliphatic heterocycles. The summed E-state index contributed by atoms with van der Waals surface area (Å²) < 4.78 is 14.5. The molecule has 0 unspecified atom stereocenters. The number of carbonyl (C=O) groups excluding carboxylic acids is 2. The van der Waals surface area contributed by atoms with Crippen molar-refractivity contribution in [1.29, 1.82) is 0 Å². The quantitative estimate of drug-likeness (QED) is 0.774. The fourth-order valence-corrected chi connectivity index (χ4v) is 3.56. The van der Waals surface area contributed by atoms with Gasteiger partial charge in [-0.25, -0.2) is 4.39 Å². The number of benzene rings is 1. The molecule has 8 heteroatoms. The lowest BCUT2D eigenvalue weighted by Crippen LogP contribution is -2.40. The third kappa shape index (κ3) is 2.53. The van der Waals surface area contributed by atoms with Gasteiger partial charge in [0, 0.05) is 36.5 Å². The van der Waals surface area contributed by atoms with Crippen molar-refractivity contribution >= 4 is 40.0 Å². The molecule has 24 heavy (non-hydrogen) atoms. The fourth-order valence-electron chi connectivity index (χ4n) is 3.35. The molecule has 0 fully saturated rings. The van der Waals surface area contributed by atoms with Crippen LogP contribution in [0.1, 0.15) is 31.1 Å². The molecule has 128 valence electrons. The largest absolute Gasteiger partial charge is 0.387 e. The average molecular weight is 354 g/mol. The van der Waals surface area contributed by atoms with Crippen LogP contribution in [0.15, 0.2) is 6.07 Å². The number of anilines is 1. The number of H-pyrrole nitrogens is 1. The fraction of sp³-hybridized carbons (Fsp3) is 0.375. The van der Waals surface area contributed by atoms with Gasteiger partial charge in [0.1, 0.15) is 6.61 Å². The second-order valence-corrected chi connectivity index (χ2v) is 6.25. The maximum Gasteiger partial charge on any atom is 0.248 e. The minimum atomic E-state index is -0.595. The molecule has 0 aliphatic carbocycles. The van der Waals surface area contributed by atoms with E-state index in [0.29, 0.717) is 24.0 Å². The zero-order valence-corrected chi connectivity index (χ0v) is 14.0. The number of amides is 2. The Bertz CT molecular complexity index is 849. The third-order valence-corrected chi connectivity index (χ3v) is 4.62. The topological polar surface area (TPSA) is 85.4 Å². The summed E-state index contributed by atoms with van der Waals surface area (Å²) in [5, 5.41) is 12.2. The Hall–Kier alpha value is -2.12.